The van der Waals surface area contributed by atoms with E-state index in [0.29, 0.717) is 6.42 Å². The zero-order chi connectivity index (χ0) is 34.2. The molecule has 11 nitrogen and oxygen atoms in total. The predicted molar refractivity (Wildman–Crippen MR) is 180 cm³/mol. The van der Waals surface area contributed by atoms with E-state index >= 15 is 0 Å². The number of carbonyl (C=O) groups is 5. The minimum Gasteiger partial charge on any atom is -0.478 e. The fourth-order valence-electron chi connectivity index (χ4n) is 5.29. The number of ketones is 1. The maximum Gasteiger partial charge on any atom is 0.336 e. The molecule has 0 fully saturated rings. The van der Waals surface area contributed by atoms with E-state index in [2.05, 4.69) is 56.8 Å². The largest absolute Gasteiger partial charge is 0.478 e. The van der Waals surface area contributed by atoms with E-state index in [1.54, 1.807) is 0 Å². The first kappa shape index (κ1) is 37.7. The summed E-state index contributed by atoms with van der Waals surface area (Å²) < 4.78 is 13.2. The number of amides is 2. The van der Waals surface area contributed by atoms with E-state index in [0.717, 1.165) is 37.1 Å². The molecule has 2 aromatic rings. The molecule has 2 rings (SSSR count). The van der Waals surface area contributed by atoms with Gasteiger partial charge in [-0.25, -0.2) is 9.59 Å². The molecule has 0 bridgehead atoms. The summed E-state index contributed by atoms with van der Waals surface area (Å²) in [6.07, 6.45) is 2.89. The average Bonchev–Trinajstić information content (AvgIpc) is 2.95. The van der Waals surface area contributed by atoms with Crippen LogP contribution in [-0.2, 0) is 8.23 Å². The Balaban J connectivity index is 2.16. The van der Waals surface area contributed by atoms with Crippen LogP contribution in [0.4, 0.5) is 0 Å². The molecule has 2 aromatic carbocycles. The summed E-state index contributed by atoms with van der Waals surface area (Å²) in [5, 5.41) is 24.2. The van der Waals surface area contributed by atoms with Crippen LogP contribution in [0.2, 0.25) is 51.4 Å². The zero-order valence-electron chi connectivity index (χ0n) is 27.5. The van der Waals surface area contributed by atoms with Crippen molar-refractivity contribution in [3.63, 3.8) is 0 Å². The summed E-state index contributed by atoms with van der Waals surface area (Å²) in [7, 11) is -4.98. The number of carboxylic acids is 2. The molecule has 45 heavy (non-hydrogen) atoms. The van der Waals surface area contributed by atoms with Gasteiger partial charge in [0.2, 0.25) is 0 Å². The number of unbranched alkanes of at least 4 members (excludes halogenated alkanes) is 1. The van der Waals surface area contributed by atoms with Crippen LogP contribution in [0.5, 0.6) is 0 Å². The van der Waals surface area contributed by atoms with Gasteiger partial charge in [0.25, 0.3) is 11.8 Å². The van der Waals surface area contributed by atoms with Crippen LogP contribution in [0.25, 0.3) is 0 Å². The number of carbonyl (C=O) groups excluding carboxylic acids is 3. The van der Waals surface area contributed by atoms with Gasteiger partial charge in [0, 0.05) is 24.7 Å². The third-order valence-corrected chi connectivity index (χ3v) is 18.6. The van der Waals surface area contributed by atoms with Crippen molar-refractivity contribution in [2.45, 2.75) is 77.6 Å². The Morgan fingerprint density at radius 2 is 1.13 bits per heavy atom. The second kappa shape index (κ2) is 15.7. The van der Waals surface area contributed by atoms with Gasteiger partial charge in [-0.05, 0) is 82.1 Å². The molecule has 0 aromatic heterocycles. The van der Waals surface area contributed by atoms with E-state index in [4.69, 9.17) is 8.23 Å². The quantitative estimate of drug-likeness (QED) is 0.0929. The molecule has 0 saturated carbocycles. The molecule has 0 aliphatic carbocycles. The topological polar surface area (TPSA) is 168 Å². The van der Waals surface area contributed by atoms with Crippen LogP contribution in [0.3, 0.4) is 0 Å². The first-order chi connectivity index (χ1) is 20.8. The van der Waals surface area contributed by atoms with Gasteiger partial charge in [0.15, 0.2) is 22.4 Å². The summed E-state index contributed by atoms with van der Waals surface area (Å²) >= 11 is 0. The van der Waals surface area contributed by atoms with Gasteiger partial charge in [-0.3, -0.25) is 14.4 Å². The average molecular weight is 675 g/mol. The van der Waals surface area contributed by atoms with Gasteiger partial charge in [0.1, 0.15) is 0 Å². The van der Waals surface area contributed by atoms with E-state index in [9.17, 15) is 34.2 Å². The Hall–Kier alpha value is -3.44. The number of carboxylic acid groups (broad SMARTS) is 2. The molecule has 0 aliphatic rings. The first-order valence-electron chi connectivity index (χ1n) is 15.0. The normalized spacial score (nSPS) is 12.0. The highest BCUT2D eigenvalue weighted by molar-refractivity contribution is 6.87. The summed E-state index contributed by atoms with van der Waals surface area (Å²) in [4.78, 5) is 62.1. The second-order valence-corrected chi connectivity index (χ2v) is 25.1. The van der Waals surface area contributed by atoms with Crippen molar-refractivity contribution in [2.75, 3.05) is 13.6 Å². The number of benzene rings is 2. The maximum absolute atomic E-state index is 13.3. The van der Waals surface area contributed by atoms with Crippen molar-refractivity contribution < 1.29 is 42.4 Å². The van der Waals surface area contributed by atoms with Crippen molar-refractivity contribution in [1.82, 2.24) is 10.6 Å². The van der Waals surface area contributed by atoms with E-state index in [1.807, 2.05) is 0 Å². The molecule has 14 heteroatoms. The Bertz CT molecular complexity index is 1440. The molecular weight excluding hydrogens is 629 g/mol. The highest BCUT2D eigenvalue weighted by atomic mass is 28.5. The SMILES string of the molecule is CCCC[Si](C)(C)O[Si](C)(C)O[Si](C)(C)CCCNC(=O)c1cc(C(=O)c2ccc(C(=O)O)c(C(=O)NC)c2)ccc1C(=O)O. The van der Waals surface area contributed by atoms with Crippen LogP contribution < -0.4 is 10.6 Å². The summed E-state index contributed by atoms with van der Waals surface area (Å²) in [5.41, 5.74) is -0.918. The molecule has 0 saturated heterocycles. The molecule has 0 heterocycles. The standard InChI is InChI=1S/C31H46N2O9Si3/c1-9-10-17-43(3,4)41-45(7,8)42-44(5,6)18-11-16-33-29(36)26-20-22(13-15-24(26)31(39)40)27(34)21-12-14-23(30(37)38)25(19-21)28(35)32-2/h12-15,19-20H,9-11,16-18H2,1-8H3,(H,32,35)(H,33,36)(H,37,38)(H,39,40). The third-order valence-electron chi connectivity index (χ3n) is 7.16. The Morgan fingerprint density at radius 1 is 0.689 bits per heavy atom. The van der Waals surface area contributed by atoms with Gasteiger partial charge in [-0.1, -0.05) is 31.9 Å². The number of hydrogen-bond donors (Lipinski definition) is 4. The molecule has 246 valence electrons. The van der Waals surface area contributed by atoms with Gasteiger partial charge in [0.05, 0.1) is 22.3 Å². The Morgan fingerprint density at radius 3 is 1.56 bits per heavy atom. The lowest BCUT2D eigenvalue weighted by Crippen LogP contribution is -2.52. The Labute approximate surface area is 268 Å². The zero-order valence-corrected chi connectivity index (χ0v) is 30.5. The molecule has 0 radical (unpaired) electrons. The smallest absolute Gasteiger partial charge is 0.336 e. The number of rotatable bonds is 17. The highest BCUT2D eigenvalue weighted by Gasteiger charge is 2.39. The van der Waals surface area contributed by atoms with Gasteiger partial charge in [-0.15, -0.1) is 0 Å². The molecule has 0 atom stereocenters. The van der Waals surface area contributed by atoms with E-state index in [1.165, 1.54) is 31.3 Å². The first-order valence-corrected chi connectivity index (χ1v) is 24.1. The van der Waals surface area contributed by atoms with Gasteiger partial charge in [-0.2, -0.15) is 0 Å². The van der Waals surface area contributed by atoms with Crippen molar-refractivity contribution >= 4 is 54.7 Å². The van der Waals surface area contributed by atoms with Crippen molar-refractivity contribution in [3.8, 4) is 0 Å². The molecule has 0 spiro atoms. The number of hydrogen-bond acceptors (Lipinski definition) is 7. The second-order valence-electron chi connectivity index (χ2n) is 12.6. The molecule has 0 aliphatic heterocycles. The summed E-state index contributed by atoms with van der Waals surface area (Å²) in [5.74, 6) is -4.59. The van der Waals surface area contributed by atoms with Crippen LogP contribution in [0, 0.1) is 0 Å². The minimum absolute atomic E-state index is 0.00657. The lowest BCUT2D eigenvalue weighted by molar-refractivity contribution is 0.0682. The molecule has 0 unspecified atom stereocenters. The van der Waals surface area contributed by atoms with Crippen LogP contribution in [0.1, 0.15) is 83.5 Å². The van der Waals surface area contributed by atoms with Gasteiger partial charge < -0.3 is 29.1 Å². The van der Waals surface area contributed by atoms with E-state index < -0.39 is 54.7 Å². The highest BCUT2D eigenvalue weighted by Crippen LogP contribution is 2.26. The molecular formula is C31H46N2O9Si3. The fraction of sp³-hybridized carbons (Fsp3) is 0.452. The third kappa shape index (κ3) is 11.1. The molecule has 2 amide bonds. The summed E-state index contributed by atoms with van der Waals surface area (Å²) in [6, 6.07) is 9.08. The fourth-order valence-corrected chi connectivity index (χ4v) is 19.5. The minimum atomic E-state index is -2.36. The monoisotopic (exact) mass is 674 g/mol. The number of aromatic carboxylic acids is 2. The van der Waals surface area contributed by atoms with E-state index in [-0.39, 0.29) is 39.9 Å². The van der Waals surface area contributed by atoms with Gasteiger partial charge >= 0.3 is 20.5 Å². The molecule has 4 N–H and O–H groups in total. The van der Waals surface area contributed by atoms with Crippen molar-refractivity contribution in [3.05, 3.63) is 69.8 Å². The number of nitrogens with one attached hydrogen (secondary N) is 2. The van der Waals surface area contributed by atoms with Crippen LogP contribution >= 0.6 is 0 Å². The summed E-state index contributed by atoms with van der Waals surface area (Å²) in [6.45, 7) is 15.4. The van der Waals surface area contributed by atoms with Crippen molar-refractivity contribution in [1.29, 1.82) is 0 Å². The van der Waals surface area contributed by atoms with Crippen molar-refractivity contribution in [2.24, 2.45) is 0 Å². The lowest BCUT2D eigenvalue weighted by atomic mass is 9.95. The van der Waals surface area contributed by atoms with Crippen LogP contribution in [0.15, 0.2) is 36.4 Å². The predicted octanol–water partition coefficient (Wildman–Crippen LogP) is 5.74. The van der Waals surface area contributed by atoms with Crippen LogP contribution in [-0.4, -0.2) is 78.5 Å². The Kier molecular flexibility index (Phi) is 13.2. The maximum atomic E-state index is 13.3. The lowest BCUT2D eigenvalue weighted by Gasteiger charge is -2.38.